The number of hydrogen-bond donors (Lipinski definition) is 0. The Hall–Kier alpha value is 3.62. The van der Waals surface area contributed by atoms with E-state index in [1.54, 1.807) is 0 Å². The number of phosphoric acid groups is 1. The molecule has 7 heterocycles. The summed E-state index contributed by atoms with van der Waals surface area (Å²) >= 11 is -76.7. The Labute approximate surface area is 338 Å². The van der Waals surface area contributed by atoms with Gasteiger partial charge in [-0.15, -0.1) is 0 Å². The fraction of sp³-hybridized carbons (Fsp3) is 0. The van der Waals surface area contributed by atoms with Gasteiger partial charge in [-0.05, 0) is 0 Å². The Bertz CT molecular complexity index is 2130. The first-order chi connectivity index (χ1) is 23.3. The minimum absolute atomic E-state index is 1.66. The van der Waals surface area contributed by atoms with Crippen LogP contribution in [-0.4, -0.2) is 15.1 Å². The van der Waals surface area contributed by atoms with Crippen molar-refractivity contribution in [3.8, 4) is 0 Å². The summed E-state index contributed by atoms with van der Waals surface area (Å²) < 4.78 is 314. The average Bonchev–Trinajstić information content (AvgIpc) is 2.64. The molecule has 0 aliphatic carbocycles. The predicted octanol–water partition coefficient (Wildman–Crippen LogP) is -3.55. The first-order valence-electron chi connectivity index (χ1n) is 9.44. The third-order valence-corrected chi connectivity index (χ3v) is 140. The summed E-state index contributed by atoms with van der Waals surface area (Å²) in [5, 5.41) is 0. The molecule has 7 aliphatic heterocycles. The quantitative estimate of drug-likeness (QED) is 0.167. The average molecular weight is 2900 g/mol. The van der Waals surface area contributed by atoms with Crippen molar-refractivity contribution in [3.63, 3.8) is 0 Å². The van der Waals surface area contributed by atoms with Gasteiger partial charge in [0.05, 0.1) is 0 Å². The molecular weight excluding hydrogens is 2900 g/mol. The molecular formula is AlO40PW12. The maximum atomic E-state index is 10.4. The Morgan fingerprint density at radius 3 is 0.333 bits per heavy atom. The van der Waals surface area contributed by atoms with Gasteiger partial charge in [0, 0.05) is 0 Å². The van der Waals surface area contributed by atoms with Crippen molar-refractivity contribution in [3.05, 3.63) is 0 Å². The van der Waals surface area contributed by atoms with E-state index in [2.05, 4.69) is 35.2 Å². The van der Waals surface area contributed by atoms with Crippen LogP contribution in [0.2, 0.25) is 0 Å². The van der Waals surface area contributed by atoms with Gasteiger partial charge in [0.25, 0.3) is 0 Å². The second-order valence-electron chi connectivity index (χ2n) is 6.77. The molecule has 7 aliphatic rings. The molecule has 0 N–H and O–H groups in total. The maximum absolute atomic E-state index is 10.4. The zero-order valence-corrected chi connectivity index (χ0v) is 59.5. The molecule has 0 saturated carbocycles. The van der Waals surface area contributed by atoms with E-state index in [4.69, 9.17) is 0 Å². The molecule has 54 heteroatoms. The molecule has 0 amide bonds. The monoisotopic (exact) mass is 2910 g/mol. The summed E-state index contributed by atoms with van der Waals surface area (Å²) in [7, 11) is -2.76. The second kappa shape index (κ2) is 17.7. The fourth-order valence-corrected chi connectivity index (χ4v) is 160. The van der Waals surface area contributed by atoms with Gasteiger partial charge in [0.15, 0.2) is 0 Å². The topological polar surface area (TPSA) is 565 Å². The molecule has 0 unspecified atom stereocenters. The first-order valence-corrected chi connectivity index (χ1v) is 69.8. The van der Waals surface area contributed by atoms with Crippen LogP contribution in [0.4, 0.5) is 0 Å². The molecule has 0 atom stereocenters. The van der Waals surface area contributed by atoms with Gasteiger partial charge in [-0.3, -0.25) is 0 Å². The van der Waals surface area contributed by atoms with Gasteiger partial charge in [-0.1, -0.05) is 0 Å². The Balaban J connectivity index is 0.000000236. The van der Waals surface area contributed by atoms with Crippen molar-refractivity contribution in [2.24, 2.45) is 0 Å². The predicted molar refractivity (Wildman–Crippen MR) is 46.1 cm³/mol. The molecule has 0 aromatic heterocycles. The molecule has 7 fully saturated rings. The molecule has 2 bridgehead atoms. The molecule has 40 nitrogen and oxygen atoms in total. The summed E-state index contributed by atoms with van der Waals surface area (Å²) in [4.78, 5) is 0. The van der Waals surface area contributed by atoms with Crippen LogP contribution in [0.5, 0.6) is 0 Å². The minimum atomic E-state index is -6.26. The molecule has 7 rings (SSSR count). The molecule has 7 saturated heterocycles. The van der Waals surface area contributed by atoms with Crippen LogP contribution in [0.25, 0.3) is 0 Å². The van der Waals surface area contributed by atoms with Gasteiger partial charge in [-0.2, -0.15) is 0 Å². The van der Waals surface area contributed by atoms with Gasteiger partial charge in [0.2, 0.25) is 0 Å². The Morgan fingerprint density at radius 1 is 0.222 bits per heavy atom. The van der Waals surface area contributed by atoms with E-state index < -0.39 is 224 Å². The van der Waals surface area contributed by atoms with E-state index in [0.717, 1.165) is 0 Å². The summed E-state index contributed by atoms with van der Waals surface area (Å²) in [6.45, 7) is 0. The third-order valence-electron chi connectivity index (χ3n) is 2.65. The Morgan fingerprint density at radius 2 is 0.296 bits per heavy atom. The van der Waals surface area contributed by atoms with Gasteiger partial charge >= 0.3 is 330 Å². The van der Waals surface area contributed by atoms with E-state index >= 15 is 0 Å². The van der Waals surface area contributed by atoms with Gasteiger partial charge < -0.3 is 10.7 Å². The zero-order valence-electron chi connectivity index (χ0n) is 22.3. The first kappa shape index (κ1) is 53.8. The molecule has 320 valence electrons. The van der Waals surface area contributed by atoms with Crippen LogP contribution in [-0.2, 0) is 322 Å². The van der Waals surface area contributed by atoms with Crippen LogP contribution in [0.3, 0.4) is 0 Å². The van der Waals surface area contributed by atoms with Crippen molar-refractivity contribution in [2.45, 2.75) is 0 Å². The van der Waals surface area contributed by atoms with Crippen molar-refractivity contribution >= 4 is 23.0 Å². The van der Waals surface area contributed by atoms with Crippen LogP contribution in [0.1, 0.15) is 0 Å². The van der Waals surface area contributed by atoms with E-state index in [1.807, 2.05) is 0 Å². The van der Waals surface area contributed by atoms with Crippen LogP contribution in [0, 0.1) is 0 Å². The van der Waals surface area contributed by atoms with Crippen molar-refractivity contribution in [2.75, 3.05) is 0 Å². The van der Waals surface area contributed by atoms with Crippen molar-refractivity contribution in [1.29, 1.82) is 0 Å². The van der Waals surface area contributed by atoms with E-state index in [-0.39, 0.29) is 0 Å². The molecule has 54 heavy (non-hydrogen) atoms. The second-order valence-corrected chi connectivity index (χ2v) is 99.9. The van der Waals surface area contributed by atoms with Gasteiger partial charge in [0.1, 0.15) is 0 Å². The number of rotatable bonds is 0. The summed E-state index contributed by atoms with van der Waals surface area (Å²) in [6, 6.07) is 0. The van der Waals surface area contributed by atoms with E-state index in [0.29, 0.717) is 0 Å². The molecule has 0 radical (unpaired) electrons. The fourth-order valence-electron chi connectivity index (χ4n) is 1.70. The third kappa shape index (κ3) is 20.2. The van der Waals surface area contributed by atoms with Crippen LogP contribution in [0.15, 0.2) is 0 Å². The normalized spacial score (nSPS) is 31.4. The SMILES string of the molecule is O=P12[O][Al]([O]1)[O]2.[O]=[W]1(=[O])[O][W](=[O])(=[O])[O][W](=[O])(=[O])[O]1.[O]=[W]1(=[O])[O][W](=[O])(=[O])[O][W](=[O])(=[O])[O]1.[O]=[W]1(=[O])[O][W](=[O])(=[O])[O][W](=[O])(=[O])[O]1.[O]=[W]1(=[O])[O][W](=[O])(=[O])[O][W](=[O])(=[O])[O]1. The summed E-state index contributed by atoms with van der Waals surface area (Å²) in [5.74, 6) is 0. The molecule has 0 aromatic rings. The summed E-state index contributed by atoms with van der Waals surface area (Å²) in [5.41, 5.74) is 0. The zero-order chi connectivity index (χ0) is 42.7. The van der Waals surface area contributed by atoms with Gasteiger partial charge in [-0.25, -0.2) is 4.57 Å². The van der Waals surface area contributed by atoms with E-state index in [1.165, 1.54) is 0 Å². The summed E-state index contributed by atoms with van der Waals surface area (Å²) in [6.07, 6.45) is 0. The van der Waals surface area contributed by atoms with Crippen molar-refractivity contribution < 1.29 is 322 Å². The van der Waals surface area contributed by atoms with Crippen molar-refractivity contribution in [1.82, 2.24) is 0 Å². The standard InChI is InChI=1S/Al.H3O4P.36O.12W/c;1-5(2,3)4;;;;;;;;;;;;;;;;;;;;;;;;;;;;;;;;;;;;;;;;;;;;;;;;/h;(H3,1,2,3,4);;;;;;;;;;;;;;;;;;;;;;;;;;;;;;;;;;;;;;;;;;;;;;;;/q+3;;;;;;;;;;;;;;;;;;;;;;;;;;;;;;;;;;;;;;;;;;;;;;;;;/p-3. The molecule has 0 aromatic carbocycles. The molecule has 0 spiro atoms. The number of hydrogen-bond acceptors (Lipinski definition) is 40. The van der Waals surface area contributed by atoms with E-state index in [9.17, 15) is 86.1 Å². The van der Waals surface area contributed by atoms with Crippen LogP contribution >= 0.6 is 7.82 Å². The van der Waals surface area contributed by atoms with Crippen LogP contribution < -0.4 is 0 Å². The Kier molecular flexibility index (Phi) is 17.6.